The van der Waals surface area contributed by atoms with Crippen LogP contribution in [-0.2, 0) is 13.0 Å². The van der Waals surface area contributed by atoms with Crippen molar-refractivity contribution in [1.29, 1.82) is 0 Å². The van der Waals surface area contributed by atoms with E-state index in [9.17, 15) is 0 Å². The molecule has 1 heterocycles. The maximum absolute atomic E-state index is 4.56. The Morgan fingerprint density at radius 3 is 2.71 bits per heavy atom. The van der Waals surface area contributed by atoms with Crippen molar-refractivity contribution in [3.05, 3.63) is 17.7 Å². The van der Waals surface area contributed by atoms with Gasteiger partial charge in [-0.1, -0.05) is 20.8 Å². The molecule has 0 spiro atoms. The molecule has 0 aliphatic rings. The van der Waals surface area contributed by atoms with E-state index in [0.29, 0.717) is 0 Å². The van der Waals surface area contributed by atoms with Crippen molar-refractivity contribution in [2.24, 2.45) is 5.92 Å². The van der Waals surface area contributed by atoms with Gasteiger partial charge in [-0.15, -0.1) is 0 Å². The number of imidazole rings is 1. The van der Waals surface area contributed by atoms with Crippen molar-refractivity contribution in [1.82, 2.24) is 9.55 Å². The summed E-state index contributed by atoms with van der Waals surface area (Å²) in [5, 5.41) is 0. The molecule has 0 saturated carbocycles. The fourth-order valence-electron chi connectivity index (χ4n) is 1.60. The van der Waals surface area contributed by atoms with Gasteiger partial charge >= 0.3 is 0 Å². The predicted molar refractivity (Wildman–Crippen MR) is 60.4 cm³/mol. The van der Waals surface area contributed by atoms with Gasteiger partial charge in [0.25, 0.3) is 0 Å². The standard InChI is InChI=1S/C12H22N2/c1-5-8-14-9-12(13-11(14)4)7-6-10(2)3/h9-10H,5-8H2,1-4H3. The fraction of sp³-hybridized carbons (Fsp3) is 0.750. The monoisotopic (exact) mass is 194 g/mol. The van der Waals surface area contributed by atoms with Gasteiger partial charge in [0.1, 0.15) is 5.82 Å². The summed E-state index contributed by atoms with van der Waals surface area (Å²) in [5.74, 6) is 1.93. The molecule has 0 amide bonds. The molecule has 80 valence electrons. The van der Waals surface area contributed by atoms with Crippen LogP contribution < -0.4 is 0 Å². The van der Waals surface area contributed by atoms with Crippen molar-refractivity contribution in [2.45, 2.75) is 53.5 Å². The van der Waals surface area contributed by atoms with Gasteiger partial charge in [-0.05, 0) is 32.1 Å². The largest absolute Gasteiger partial charge is 0.335 e. The minimum atomic E-state index is 0.770. The fourth-order valence-corrected chi connectivity index (χ4v) is 1.60. The number of nitrogens with zero attached hydrogens (tertiary/aromatic N) is 2. The van der Waals surface area contributed by atoms with E-state index in [1.807, 2.05) is 0 Å². The van der Waals surface area contributed by atoms with Gasteiger partial charge < -0.3 is 4.57 Å². The Bertz CT molecular complexity index is 274. The maximum Gasteiger partial charge on any atom is 0.105 e. The quantitative estimate of drug-likeness (QED) is 0.704. The van der Waals surface area contributed by atoms with Crippen LogP contribution in [0.4, 0.5) is 0 Å². The molecule has 0 aliphatic heterocycles. The lowest BCUT2D eigenvalue weighted by Gasteiger charge is -2.01. The van der Waals surface area contributed by atoms with Crippen LogP contribution in [0.25, 0.3) is 0 Å². The first kappa shape index (κ1) is 11.3. The third kappa shape index (κ3) is 3.17. The first-order valence-corrected chi connectivity index (χ1v) is 5.66. The molecule has 1 rings (SSSR count). The van der Waals surface area contributed by atoms with Crippen LogP contribution in [0.3, 0.4) is 0 Å². The average molecular weight is 194 g/mol. The summed E-state index contributed by atoms with van der Waals surface area (Å²) in [7, 11) is 0. The first-order chi connectivity index (χ1) is 6.63. The van der Waals surface area contributed by atoms with Crippen molar-refractivity contribution in [3.63, 3.8) is 0 Å². The highest BCUT2D eigenvalue weighted by Gasteiger charge is 2.03. The second-order valence-electron chi connectivity index (χ2n) is 4.41. The first-order valence-electron chi connectivity index (χ1n) is 5.66. The molecule has 0 bridgehead atoms. The number of hydrogen-bond acceptors (Lipinski definition) is 1. The molecular formula is C12H22N2. The van der Waals surface area contributed by atoms with Gasteiger partial charge in [0, 0.05) is 12.7 Å². The van der Waals surface area contributed by atoms with Crippen LogP contribution in [0.2, 0.25) is 0 Å². The molecule has 1 aromatic rings. The van der Waals surface area contributed by atoms with E-state index in [-0.39, 0.29) is 0 Å². The Kier molecular flexibility index (Phi) is 4.18. The minimum absolute atomic E-state index is 0.770. The highest BCUT2D eigenvalue weighted by Crippen LogP contribution is 2.09. The van der Waals surface area contributed by atoms with Crippen LogP contribution >= 0.6 is 0 Å². The molecule has 0 fully saturated rings. The molecule has 2 heteroatoms. The normalized spacial score (nSPS) is 11.2. The van der Waals surface area contributed by atoms with Gasteiger partial charge in [0.15, 0.2) is 0 Å². The molecule has 0 N–H and O–H groups in total. The summed E-state index contributed by atoms with van der Waals surface area (Å²) in [6.07, 6.45) is 5.75. The zero-order valence-corrected chi connectivity index (χ0v) is 9.88. The Labute approximate surface area is 87.4 Å². The second-order valence-corrected chi connectivity index (χ2v) is 4.41. The lowest BCUT2D eigenvalue weighted by Crippen LogP contribution is -1.96. The maximum atomic E-state index is 4.56. The topological polar surface area (TPSA) is 17.8 Å². The zero-order chi connectivity index (χ0) is 10.6. The molecule has 14 heavy (non-hydrogen) atoms. The van der Waals surface area contributed by atoms with Crippen LogP contribution in [0.5, 0.6) is 0 Å². The van der Waals surface area contributed by atoms with E-state index in [4.69, 9.17) is 0 Å². The third-order valence-electron chi connectivity index (χ3n) is 2.47. The van der Waals surface area contributed by atoms with Crippen LogP contribution in [0, 0.1) is 12.8 Å². The molecule has 0 unspecified atom stereocenters. The molecule has 0 aromatic carbocycles. The SMILES string of the molecule is CCCn1cc(CCC(C)C)nc1C. The summed E-state index contributed by atoms with van der Waals surface area (Å²) in [5.41, 5.74) is 1.25. The average Bonchev–Trinajstić information content (AvgIpc) is 2.45. The lowest BCUT2D eigenvalue weighted by molar-refractivity contribution is 0.581. The Hall–Kier alpha value is -0.790. The molecule has 0 radical (unpaired) electrons. The van der Waals surface area contributed by atoms with Gasteiger partial charge in [-0.3, -0.25) is 0 Å². The number of aromatic nitrogens is 2. The molecule has 0 saturated heterocycles. The van der Waals surface area contributed by atoms with E-state index in [0.717, 1.165) is 24.7 Å². The van der Waals surface area contributed by atoms with E-state index < -0.39 is 0 Å². The van der Waals surface area contributed by atoms with Crippen LogP contribution in [-0.4, -0.2) is 9.55 Å². The third-order valence-corrected chi connectivity index (χ3v) is 2.47. The summed E-state index contributed by atoms with van der Waals surface area (Å²) < 4.78 is 2.26. The van der Waals surface area contributed by atoms with Gasteiger partial charge in [-0.2, -0.15) is 0 Å². The van der Waals surface area contributed by atoms with Gasteiger partial charge in [0.05, 0.1) is 5.69 Å². The van der Waals surface area contributed by atoms with E-state index in [2.05, 4.69) is 43.4 Å². The van der Waals surface area contributed by atoms with Crippen molar-refractivity contribution < 1.29 is 0 Å². The molecule has 1 aromatic heterocycles. The van der Waals surface area contributed by atoms with Crippen molar-refractivity contribution >= 4 is 0 Å². The van der Waals surface area contributed by atoms with Crippen LogP contribution in [0.1, 0.15) is 45.1 Å². The van der Waals surface area contributed by atoms with E-state index in [1.165, 1.54) is 18.5 Å². The zero-order valence-electron chi connectivity index (χ0n) is 9.88. The molecule has 0 atom stereocenters. The smallest absolute Gasteiger partial charge is 0.105 e. The minimum Gasteiger partial charge on any atom is -0.335 e. The van der Waals surface area contributed by atoms with Crippen LogP contribution in [0.15, 0.2) is 6.20 Å². The summed E-state index contributed by atoms with van der Waals surface area (Å²) >= 11 is 0. The summed E-state index contributed by atoms with van der Waals surface area (Å²) in [4.78, 5) is 4.56. The van der Waals surface area contributed by atoms with Gasteiger partial charge in [-0.25, -0.2) is 4.98 Å². The lowest BCUT2D eigenvalue weighted by atomic mass is 10.1. The molecule has 2 nitrogen and oxygen atoms in total. The number of rotatable bonds is 5. The number of hydrogen-bond donors (Lipinski definition) is 0. The highest BCUT2D eigenvalue weighted by molar-refractivity contribution is 5.03. The highest BCUT2D eigenvalue weighted by atomic mass is 15.1. The Morgan fingerprint density at radius 1 is 1.43 bits per heavy atom. The van der Waals surface area contributed by atoms with Crippen molar-refractivity contribution in [3.8, 4) is 0 Å². The molecular weight excluding hydrogens is 172 g/mol. The predicted octanol–water partition coefficient (Wildman–Crippen LogP) is 3.19. The van der Waals surface area contributed by atoms with E-state index >= 15 is 0 Å². The molecule has 0 aliphatic carbocycles. The van der Waals surface area contributed by atoms with E-state index in [1.54, 1.807) is 0 Å². The Balaban J connectivity index is 2.56. The van der Waals surface area contributed by atoms with Gasteiger partial charge in [0.2, 0.25) is 0 Å². The summed E-state index contributed by atoms with van der Waals surface area (Å²) in [6, 6.07) is 0. The second kappa shape index (κ2) is 5.18. The summed E-state index contributed by atoms with van der Waals surface area (Å²) in [6.45, 7) is 9.91. The Morgan fingerprint density at radius 2 is 2.14 bits per heavy atom. The van der Waals surface area contributed by atoms with Crippen molar-refractivity contribution in [2.75, 3.05) is 0 Å². The number of aryl methyl sites for hydroxylation is 3.